The Hall–Kier alpha value is -1.28. The number of ketones is 1. The fourth-order valence-corrected chi connectivity index (χ4v) is 1.76. The van der Waals surface area contributed by atoms with Crippen LogP contribution in [0.4, 0.5) is 0 Å². The van der Waals surface area contributed by atoms with Gasteiger partial charge in [0.2, 0.25) is 0 Å². The number of hydrogen-bond acceptors (Lipinski definition) is 2. The lowest BCUT2D eigenvalue weighted by molar-refractivity contribution is -0.123. The van der Waals surface area contributed by atoms with Crippen LogP contribution in [0.25, 0.3) is 0 Å². The van der Waals surface area contributed by atoms with E-state index in [1.165, 1.54) is 12.3 Å². The van der Waals surface area contributed by atoms with E-state index in [2.05, 4.69) is 0 Å². The molecule has 1 aliphatic rings. The highest BCUT2D eigenvalue weighted by molar-refractivity contribution is 6.30. The van der Waals surface area contributed by atoms with Crippen molar-refractivity contribution in [3.63, 3.8) is 0 Å². The van der Waals surface area contributed by atoms with Crippen molar-refractivity contribution in [2.75, 3.05) is 0 Å². The number of allylic oxidation sites excluding steroid dienone is 1. The number of hydrogen-bond donors (Lipinski definition) is 0. The van der Waals surface area contributed by atoms with E-state index < -0.39 is 0 Å². The minimum absolute atomic E-state index is 0.0983. The van der Waals surface area contributed by atoms with Crippen molar-refractivity contribution < 1.29 is 9.53 Å². The van der Waals surface area contributed by atoms with Crippen molar-refractivity contribution in [1.29, 1.82) is 0 Å². The van der Waals surface area contributed by atoms with Crippen LogP contribution in [0.5, 0.6) is 0 Å². The van der Waals surface area contributed by atoms with Crippen molar-refractivity contribution in [1.82, 2.24) is 0 Å². The average molecular weight is 223 g/mol. The monoisotopic (exact) mass is 222 g/mol. The van der Waals surface area contributed by atoms with Gasteiger partial charge in [0.15, 0.2) is 5.78 Å². The topological polar surface area (TPSA) is 26.3 Å². The Kier molecular flexibility index (Phi) is 2.78. The summed E-state index contributed by atoms with van der Waals surface area (Å²) < 4.78 is 5.44. The molecule has 1 aliphatic heterocycles. The van der Waals surface area contributed by atoms with E-state index in [9.17, 15) is 4.79 Å². The molecule has 0 radical (unpaired) electrons. The molecule has 2 atom stereocenters. The molecule has 0 saturated carbocycles. The van der Waals surface area contributed by atoms with E-state index in [0.717, 1.165) is 5.56 Å². The molecule has 0 bridgehead atoms. The number of rotatable bonds is 1. The zero-order chi connectivity index (χ0) is 10.8. The summed E-state index contributed by atoms with van der Waals surface area (Å²) in [5.74, 6) is -0.0441. The van der Waals surface area contributed by atoms with Crippen LogP contribution in [0, 0.1) is 5.92 Å². The summed E-state index contributed by atoms with van der Waals surface area (Å²) in [6, 6.07) is 7.37. The molecule has 0 unspecified atom stereocenters. The Morgan fingerprint density at radius 1 is 1.27 bits per heavy atom. The minimum Gasteiger partial charge on any atom is -0.492 e. The lowest BCUT2D eigenvalue weighted by Crippen LogP contribution is -2.22. The summed E-state index contributed by atoms with van der Waals surface area (Å²) in [6.45, 7) is 1.87. The second-order valence-corrected chi connectivity index (χ2v) is 4.04. The molecule has 0 N–H and O–H groups in total. The lowest BCUT2D eigenvalue weighted by Gasteiger charge is -2.25. The molecule has 0 fully saturated rings. The lowest BCUT2D eigenvalue weighted by atomic mass is 9.92. The highest BCUT2D eigenvalue weighted by Crippen LogP contribution is 2.30. The van der Waals surface area contributed by atoms with E-state index >= 15 is 0 Å². The van der Waals surface area contributed by atoms with Gasteiger partial charge < -0.3 is 4.74 Å². The highest BCUT2D eigenvalue weighted by atomic mass is 35.5. The number of ether oxygens (including phenoxy) is 1. The molecule has 0 saturated heterocycles. The Bertz CT molecular complexity index is 395. The molecule has 0 spiro atoms. The van der Waals surface area contributed by atoms with Gasteiger partial charge in [0.25, 0.3) is 0 Å². The average Bonchev–Trinajstić information content (AvgIpc) is 2.24. The van der Waals surface area contributed by atoms with Gasteiger partial charge in [0.1, 0.15) is 6.10 Å². The molecule has 78 valence electrons. The Morgan fingerprint density at radius 2 is 1.93 bits per heavy atom. The Labute approximate surface area is 93.5 Å². The van der Waals surface area contributed by atoms with E-state index in [1.54, 1.807) is 12.1 Å². The second kappa shape index (κ2) is 4.07. The SMILES string of the molecule is C[C@@H]1C(=O)C=CO[C@@H]1c1ccc(Cl)cc1. The Balaban J connectivity index is 2.27. The molecule has 15 heavy (non-hydrogen) atoms. The smallest absolute Gasteiger partial charge is 0.165 e. The summed E-state index contributed by atoms with van der Waals surface area (Å²) in [6.07, 6.45) is 2.73. The van der Waals surface area contributed by atoms with Crippen molar-refractivity contribution in [2.45, 2.75) is 13.0 Å². The van der Waals surface area contributed by atoms with E-state index in [1.807, 2.05) is 19.1 Å². The molecule has 1 heterocycles. The Morgan fingerprint density at radius 3 is 2.60 bits per heavy atom. The number of carbonyl (C=O) groups is 1. The van der Waals surface area contributed by atoms with Gasteiger partial charge in [-0.2, -0.15) is 0 Å². The first-order valence-electron chi connectivity index (χ1n) is 4.80. The molecular weight excluding hydrogens is 212 g/mol. The molecule has 2 rings (SSSR count). The molecule has 0 aliphatic carbocycles. The van der Waals surface area contributed by atoms with E-state index in [0.29, 0.717) is 5.02 Å². The predicted octanol–water partition coefficient (Wildman–Crippen LogP) is 3.13. The van der Waals surface area contributed by atoms with Crippen LogP contribution < -0.4 is 0 Å². The van der Waals surface area contributed by atoms with Crippen molar-refractivity contribution in [2.24, 2.45) is 5.92 Å². The summed E-state index contributed by atoms with van der Waals surface area (Å²) in [7, 11) is 0. The standard InChI is InChI=1S/C12H11ClO2/c1-8-11(14)6-7-15-12(8)9-2-4-10(13)5-3-9/h2-8,12H,1H3/t8-,12+/m1/s1. The van der Waals surface area contributed by atoms with Crippen LogP contribution in [-0.4, -0.2) is 5.78 Å². The van der Waals surface area contributed by atoms with Crippen molar-refractivity contribution in [3.05, 3.63) is 47.2 Å². The first-order chi connectivity index (χ1) is 7.18. The molecule has 1 aromatic rings. The molecule has 3 heteroatoms. The van der Waals surface area contributed by atoms with Gasteiger partial charge in [-0.3, -0.25) is 4.79 Å². The van der Waals surface area contributed by atoms with Crippen LogP contribution in [0.15, 0.2) is 36.6 Å². The molecule has 1 aromatic carbocycles. The third kappa shape index (κ3) is 2.05. The van der Waals surface area contributed by atoms with Crippen LogP contribution in [0.1, 0.15) is 18.6 Å². The fourth-order valence-electron chi connectivity index (χ4n) is 1.63. The van der Waals surface area contributed by atoms with Crippen LogP contribution >= 0.6 is 11.6 Å². The molecule has 2 nitrogen and oxygen atoms in total. The summed E-state index contributed by atoms with van der Waals surface area (Å²) in [5.41, 5.74) is 0.976. The van der Waals surface area contributed by atoms with Crippen LogP contribution in [0.3, 0.4) is 0 Å². The fraction of sp³-hybridized carbons (Fsp3) is 0.250. The summed E-state index contributed by atoms with van der Waals surface area (Å²) in [4.78, 5) is 11.5. The van der Waals surface area contributed by atoms with Gasteiger partial charge in [-0.15, -0.1) is 0 Å². The van der Waals surface area contributed by atoms with Gasteiger partial charge >= 0.3 is 0 Å². The van der Waals surface area contributed by atoms with Crippen molar-refractivity contribution in [3.8, 4) is 0 Å². The zero-order valence-corrected chi connectivity index (χ0v) is 9.07. The van der Waals surface area contributed by atoms with Gasteiger partial charge in [0.05, 0.1) is 12.2 Å². The number of benzene rings is 1. The maximum atomic E-state index is 11.5. The first kappa shape index (κ1) is 10.2. The highest BCUT2D eigenvalue weighted by Gasteiger charge is 2.27. The summed E-state index contributed by atoms with van der Waals surface area (Å²) in [5, 5.41) is 0.684. The molecular formula is C12H11ClO2. The maximum absolute atomic E-state index is 11.5. The normalized spacial score (nSPS) is 25.1. The van der Waals surface area contributed by atoms with Gasteiger partial charge in [-0.25, -0.2) is 0 Å². The van der Waals surface area contributed by atoms with Gasteiger partial charge in [0, 0.05) is 11.1 Å². The van der Waals surface area contributed by atoms with Crippen LogP contribution in [0.2, 0.25) is 5.02 Å². The molecule has 0 aromatic heterocycles. The number of halogens is 1. The zero-order valence-electron chi connectivity index (χ0n) is 8.31. The number of carbonyl (C=O) groups excluding carboxylic acids is 1. The third-order valence-corrected chi connectivity index (χ3v) is 2.81. The quantitative estimate of drug-likeness (QED) is 0.730. The first-order valence-corrected chi connectivity index (χ1v) is 5.17. The van der Waals surface area contributed by atoms with E-state index in [4.69, 9.17) is 16.3 Å². The summed E-state index contributed by atoms with van der Waals surface area (Å²) >= 11 is 5.79. The van der Waals surface area contributed by atoms with Gasteiger partial charge in [-0.1, -0.05) is 30.7 Å². The maximum Gasteiger partial charge on any atom is 0.165 e. The van der Waals surface area contributed by atoms with Gasteiger partial charge in [-0.05, 0) is 17.7 Å². The van der Waals surface area contributed by atoms with E-state index in [-0.39, 0.29) is 17.8 Å². The third-order valence-electron chi connectivity index (χ3n) is 2.56. The molecule has 0 amide bonds. The largest absolute Gasteiger partial charge is 0.492 e. The second-order valence-electron chi connectivity index (χ2n) is 3.60. The van der Waals surface area contributed by atoms with Crippen LogP contribution in [-0.2, 0) is 9.53 Å². The predicted molar refractivity (Wildman–Crippen MR) is 58.6 cm³/mol. The minimum atomic E-state index is -0.195. The van der Waals surface area contributed by atoms with Crippen molar-refractivity contribution >= 4 is 17.4 Å².